The molecule has 1 aromatic heterocycles. The van der Waals surface area contributed by atoms with Crippen molar-refractivity contribution < 1.29 is 4.79 Å². The topological polar surface area (TPSA) is 50.2 Å². The van der Waals surface area contributed by atoms with Crippen LogP contribution in [0, 0.1) is 32.6 Å². The minimum absolute atomic E-state index is 0.308. The molecule has 29 heavy (non-hydrogen) atoms. The Morgan fingerprint density at radius 3 is 2.38 bits per heavy atom. The zero-order chi connectivity index (χ0) is 20.4. The SMILES string of the molecule is Cc1ccc(Cn2nc(C)c(CCC(=O)N3CC[C@@H]4CNC[C@@H]4CC3)c2C)cc1. The van der Waals surface area contributed by atoms with Crippen molar-refractivity contribution in [3.05, 3.63) is 52.3 Å². The van der Waals surface area contributed by atoms with Crippen LogP contribution in [-0.2, 0) is 17.8 Å². The minimum atomic E-state index is 0.308. The lowest BCUT2D eigenvalue weighted by Crippen LogP contribution is -2.33. The monoisotopic (exact) mass is 394 g/mol. The van der Waals surface area contributed by atoms with Crippen LogP contribution in [0.15, 0.2) is 24.3 Å². The molecule has 2 aliphatic rings. The summed E-state index contributed by atoms with van der Waals surface area (Å²) in [5, 5.41) is 8.26. The van der Waals surface area contributed by atoms with Crippen molar-refractivity contribution in [3.8, 4) is 0 Å². The molecule has 2 aliphatic heterocycles. The zero-order valence-electron chi connectivity index (χ0n) is 18.1. The average Bonchev–Trinajstić information content (AvgIpc) is 3.19. The van der Waals surface area contributed by atoms with Gasteiger partial charge in [0.05, 0.1) is 12.2 Å². The Balaban J connectivity index is 1.36. The first kappa shape index (κ1) is 20.1. The molecule has 2 saturated heterocycles. The number of likely N-dealkylation sites (tertiary alicyclic amines) is 1. The highest BCUT2D eigenvalue weighted by atomic mass is 16.2. The van der Waals surface area contributed by atoms with Gasteiger partial charge in [-0.05, 0) is 76.1 Å². The molecule has 3 heterocycles. The first-order chi connectivity index (χ1) is 14.0. The van der Waals surface area contributed by atoms with E-state index in [0.29, 0.717) is 12.3 Å². The number of rotatable bonds is 5. The van der Waals surface area contributed by atoms with Crippen molar-refractivity contribution in [1.82, 2.24) is 20.0 Å². The molecule has 1 N–H and O–H groups in total. The number of amides is 1. The van der Waals surface area contributed by atoms with E-state index in [-0.39, 0.29) is 0 Å². The van der Waals surface area contributed by atoms with Gasteiger partial charge in [0.25, 0.3) is 0 Å². The van der Waals surface area contributed by atoms with Crippen LogP contribution in [0.25, 0.3) is 0 Å². The fourth-order valence-corrected chi connectivity index (χ4v) is 4.97. The highest BCUT2D eigenvalue weighted by molar-refractivity contribution is 5.76. The molecule has 156 valence electrons. The van der Waals surface area contributed by atoms with E-state index in [0.717, 1.165) is 69.5 Å². The Bertz CT molecular complexity index is 841. The third-order valence-corrected chi connectivity index (χ3v) is 6.95. The van der Waals surface area contributed by atoms with Gasteiger partial charge >= 0.3 is 0 Å². The molecule has 0 aliphatic carbocycles. The van der Waals surface area contributed by atoms with E-state index in [4.69, 9.17) is 5.10 Å². The molecule has 0 bridgehead atoms. The predicted molar refractivity (Wildman–Crippen MR) is 116 cm³/mol. The summed E-state index contributed by atoms with van der Waals surface area (Å²) in [4.78, 5) is 15.0. The highest BCUT2D eigenvalue weighted by Gasteiger charge is 2.31. The van der Waals surface area contributed by atoms with Gasteiger partial charge < -0.3 is 10.2 Å². The molecule has 1 amide bonds. The van der Waals surface area contributed by atoms with Gasteiger partial charge in [-0.1, -0.05) is 29.8 Å². The number of carbonyl (C=O) groups excluding carboxylic acids is 1. The molecule has 2 aromatic rings. The summed E-state index contributed by atoms with van der Waals surface area (Å²) >= 11 is 0. The molecule has 4 rings (SSSR count). The molecule has 0 unspecified atom stereocenters. The number of hydrogen-bond acceptors (Lipinski definition) is 3. The smallest absolute Gasteiger partial charge is 0.222 e. The Kier molecular flexibility index (Phi) is 6.04. The normalized spacial score (nSPS) is 21.8. The Hall–Kier alpha value is -2.14. The van der Waals surface area contributed by atoms with Crippen LogP contribution in [0.2, 0.25) is 0 Å². The molecule has 1 aromatic carbocycles. The lowest BCUT2D eigenvalue weighted by atomic mass is 9.92. The molecule has 5 nitrogen and oxygen atoms in total. The summed E-state index contributed by atoms with van der Waals surface area (Å²) in [6.45, 7) is 11.2. The largest absolute Gasteiger partial charge is 0.343 e. The van der Waals surface area contributed by atoms with Crippen molar-refractivity contribution in [3.63, 3.8) is 0 Å². The van der Waals surface area contributed by atoms with E-state index in [9.17, 15) is 4.79 Å². The van der Waals surface area contributed by atoms with Gasteiger partial charge in [0.15, 0.2) is 0 Å². The zero-order valence-corrected chi connectivity index (χ0v) is 18.1. The third-order valence-electron chi connectivity index (χ3n) is 6.95. The van der Waals surface area contributed by atoms with E-state index >= 15 is 0 Å². The Morgan fingerprint density at radius 1 is 1.07 bits per heavy atom. The summed E-state index contributed by atoms with van der Waals surface area (Å²) in [6.07, 6.45) is 3.67. The number of aryl methyl sites for hydroxylation is 2. The molecule has 2 atom stereocenters. The van der Waals surface area contributed by atoms with Gasteiger partial charge in [0.2, 0.25) is 5.91 Å². The van der Waals surface area contributed by atoms with Crippen LogP contribution in [0.1, 0.15) is 47.3 Å². The quantitative estimate of drug-likeness (QED) is 0.847. The van der Waals surface area contributed by atoms with Gasteiger partial charge in [0.1, 0.15) is 0 Å². The van der Waals surface area contributed by atoms with E-state index in [1.54, 1.807) is 0 Å². The first-order valence-corrected chi connectivity index (χ1v) is 11.1. The summed E-state index contributed by atoms with van der Waals surface area (Å²) in [6, 6.07) is 8.62. The minimum Gasteiger partial charge on any atom is -0.343 e. The number of hydrogen-bond donors (Lipinski definition) is 1. The second-order valence-electron chi connectivity index (χ2n) is 8.93. The first-order valence-electron chi connectivity index (χ1n) is 11.1. The molecule has 2 fully saturated rings. The number of benzene rings is 1. The number of nitrogens with one attached hydrogen (secondary N) is 1. The van der Waals surface area contributed by atoms with Gasteiger partial charge in [-0.25, -0.2) is 0 Å². The summed E-state index contributed by atoms with van der Waals surface area (Å²) in [5.41, 5.74) is 6.01. The van der Waals surface area contributed by atoms with Crippen LogP contribution < -0.4 is 5.32 Å². The van der Waals surface area contributed by atoms with Gasteiger partial charge in [-0.15, -0.1) is 0 Å². The van der Waals surface area contributed by atoms with Crippen molar-refractivity contribution in [2.45, 2.75) is 53.0 Å². The summed E-state index contributed by atoms with van der Waals surface area (Å²) in [7, 11) is 0. The van der Waals surface area contributed by atoms with E-state index in [1.165, 1.54) is 22.4 Å². The summed E-state index contributed by atoms with van der Waals surface area (Å²) in [5.74, 6) is 1.83. The van der Waals surface area contributed by atoms with Crippen molar-refractivity contribution in [2.75, 3.05) is 26.2 Å². The maximum Gasteiger partial charge on any atom is 0.222 e. The van der Waals surface area contributed by atoms with E-state index < -0.39 is 0 Å². The molecular formula is C24H34N4O. The molecule has 0 radical (unpaired) electrons. The van der Waals surface area contributed by atoms with Crippen LogP contribution in [0.4, 0.5) is 0 Å². The second-order valence-corrected chi connectivity index (χ2v) is 8.93. The number of nitrogens with zero attached hydrogens (tertiary/aromatic N) is 3. The number of fused-ring (bicyclic) bond motifs is 1. The third kappa shape index (κ3) is 4.55. The molecule has 5 heteroatoms. The van der Waals surface area contributed by atoms with E-state index in [1.807, 2.05) is 0 Å². The number of carbonyl (C=O) groups is 1. The van der Waals surface area contributed by atoms with Crippen molar-refractivity contribution in [2.24, 2.45) is 11.8 Å². The van der Waals surface area contributed by atoms with Crippen molar-refractivity contribution >= 4 is 5.91 Å². The standard InChI is InChI=1S/C24H34N4O/c1-17-4-6-20(7-5-17)16-28-19(3)23(18(2)26-28)8-9-24(29)27-12-10-21-14-25-15-22(21)11-13-27/h4-7,21-22,25H,8-16H2,1-3H3/t21-,22+. The van der Waals surface area contributed by atoms with Crippen LogP contribution >= 0.6 is 0 Å². The Morgan fingerprint density at radius 2 is 1.72 bits per heavy atom. The van der Waals surface area contributed by atoms with Crippen molar-refractivity contribution in [1.29, 1.82) is 0 Å². The van der Waals surface area contributed by atoms with E-state index in [2.05, 4.69) is 59.9 Å². The molecular weight excluding hydrogens is 360 g/mol. The Labute approximate surface area is 174 Å². The van der Waals surface area contributed by atoms with Crippen LogP contribution in [-0.4, -0.2) is 46.8 Å². The average molecular weight is 395 g/mol. The van der Waals surface area contributed by atoms with Crippen LogP contribution in [0.3, 0.4) is 0 Å². The maximum atomic E-state index is 12.9. The molecule has 0 saturated carbocycles. The summed E-state index contributed by atoms with van der Waals surface area (Å²) < 4.78 is 2.08. The van der Waals surface area contributed by atoms with Gasteiger partial charge in [-0.3, -0.25) is 9.48 Å². The van der Waals surface area contributed by atoms with Gasteiger partial charge in [0, 0.05) is 25.2 Å². The second kappa shape index (κ2) is 8.70. The lowest BCUT2D eigenvalue weighted by Gasteiger charge is -2.21. The van der Waals surface area contributed by atoms with Gasteiger partial charge in [-0.2, -0.15) is 5.10 Å². The fraction of sp³-hybridized carbons (Fsp3) is 0.583. The maximum absolute atomic E-state index is 12.9. The predicted octanol–water partition coefficient (Wildman–Crippen LogP) is 3.25. The number of aromatic nitrogens is 2. The highest BCUT2D eigenvalue weighted by Crippen LogP contribution is 2.27. The van der Waals surface area contributed by atoms with Crippen LogP contribution in [0.5, 0.6) is 0 Å². The fourth-order valence-electron chi connectivity index (χ4n) is 4.97. The lowest BCUT2D eigenvalue weighted by molar-refractivity contribution is -0.131. The molecule has 0 spiro atoms.